The number of benzene rings is 2. The molecule has 0 spiro atoms. The Morgan fingerprint density at radius 1 is 1.08 bits per heavy atom. The maximum atomic E-state index is 12.6. The van der Waals surface area contributed by atoms with Gasteiger partial charge in [-0.2, -0.15) is 0 Å². The molecule has 3 atom stereocenters. The lowest BCUT2D eigenvalue weighted by molar-refractivity contribution is -0.120. The number of fused-ring (bicyclic) bond motifs is 2. The zero-order valence-electron chi connectivity index (χ0n) is 19.9. The number of aromatic nitrogens is 3. The van der Waals surface area contributed by atoms with E-state index in [1.165, 1.54) is 6.20 Å². The first-order valence-corrected chi connectivity index (χ1v) is 12.0. The van der Waals surface area contributed by atoms with E-state index in [9.17, 15) is 24.6 Å². The zero-order valence-corrected chi connectivity index (χ0v) is 19.9. The van der Waals surface area contributed by atoms with E-state index in [2.05, 4.69) is 15.6 Å². The third-order valence-corrected chi connectivity index (χ3v) is 6.42. The molecule has 3 heterocycles. The standard InChI is InChI=1S/C26H27N5O6/c32-14-21-20(33)12-23(37-21)31-13-15(25(35)30-26(31)36)11-22(34)27-9-10-28-24-16-5-1-3-7-18(16)29-19-8-4-2-6-17(19)24/h1-8,13,20-21,23,32-33H,9-12,14H2,(H,27,34)(H,28,29)(H,30,35,36)/t20-,21+,23+/m0/s1. The van der Waals surface area contributed by atoms with Crippen LogP contribution in [0.5, 0.6) is 0 Å². The van der Waals surface area contributed by atoms with Gasteiger partial charge in [-0.05, 0) is 12.1 Å². The van der Waals surface area contributed by atoms with E-state index in [0.717, 1.165) is 32.1 Å². The van der Waals surface area contributed by atoms with E-state index in [0.29, 0.717) is 13.1 Å². The highest BCUT2D eigenvalue weighted by Gasteiger charge is 2.35. The molecule has 5 N–H and O–H groups in total. The van der Waals surface area contributed by atoms with Crippen molar-refractivity contribution >= 4 is 33.4 Å². The largest absolute Gasteiger partial charge is 0.394 e. The predicted molar refractivity (Wildman–Crippen MR) is 137 cm³/mol. The molecule has 2 aromatic carbocycles. The number of hydrogen-bond acceptors (Lipinski definition) is 8. The fourth-order valence-corrected chi connectivity index (χ4v) is 4.57. The molecule has 5 rings (SSSR count). The van der Waals surface area contributed by atoms with Crippen molar-refractivity contribution in [2.45, 2.75) is 31.3 Å². The number of ether oxygens (including phenoxy) is 1. The summed E-state index contributed by atoms with van der Waals surface area (Å²) in [5.74, 6) is -0.387. The summed E-state index contributed by atoms with van der Waals surface area (Å²) in [5, 5.41) is 27.4. The minimum absolute atomic E-state index is 0.0762. The van der Waals surface area contributed by atoms with E-state index >= 15 is 0 Å². The van der Waals surface area contributed by atoms with Gasteiger partial charge in [0.25, 0.3) is 5.56 Å². The number of H-pyrrole nitrogens is 1. The predicted octanol–water partition coefficient (Wildman–Crippen LogP) is 0.650. The molecule has 1 aliphatic heterocycles. The van der Waals surface area contributed by atoms with Crippen molar-refractivity contribution < 1.29 is 19.7 Å². The Morgan fingerprint density at radius 3 is 2.41 bits per heavy atom. The number of hydrogen-bond donors (Lipinski definition) is 5. The van der Waals surface area contributed by atoms with Gasteiger partial charge < -0.3 is 25.6 Å². The van der Waals surface area contributed by atoms with Crippen molar-refractivity contribution in [2.75, 3.05) is 25.0 Å². The van der Waals surface area contributed by atoms with Crippen LogP contribution in [0, 0.1) is 0 Å². The molecule has 37 heavy (non-hydrogen) atoms. The molecule has 4 aromatic rings. The highest BCUT2D eigenvalue weighted by Crippen LogP contribution is 2.30. The minimum Gasteiger partial charge on any atom is -0.394 e. The SMILES string of the molecule is O=C(Cc1cn([C@H]2C[C@H](O)[C@@H](CO)O2)c(=O)[nH]c1=O)NCCNc1c2ccccc2nc2ccccc12. The Balaban J connectivity index is 1.24. The van der Waals surface area contributed by atoms with Crippen LogP contribution in [0.25, 0.3) is 21.8 Å². The molecule has 0 radical (unpaired) electrons. The highest BCUT2D eigenvalue weighted by molar-refractivity contribution is 6.07. The molecule has 192 valence electrons. The normalized spacial score (nSPS) is 19.4. The second-order valence-electron chi connectivity index (χ2n) is 8.91. The van der Waals surface area contributed by atoms with Gasteiger partial charge in [0, 0.05) is 42.0 Å². The Hall–Kier alpha value is -4.06. The summed E-state index contributed by atoms with van der Waals surface area (Å²) in [6.07, 6.45) is -1.51. The fraction of sp³-hybridized carbons (Fsp3) is 0.308. The molecule has 11 nitrogen and oxygen atoms in total. The quantitative estimate of drug-likeness (QED) is 0.172. The minimum atomic E-state index is -0.942. The number of anilines is 1. The second kappa shape index (κ2) is 10.5. The van der Waals surface area contributed by atoms with Crippen LogP contribution in [0.1, 0.15) is 18.2 Å². The summed E-state index contributed by atoms with van der Waals surface area (Å²) in [6.45, 7) is 0.345. The summed E-state index contributed by atoms with van der Waals surface area (Å²) >= 11 is 0. The number of nitrogens with one attached hydrogen (secondary N) is 3. The van der Waals surface area contributed by atoms with Crippen LogP contribution in [0.3, 0.4) is 0 Å². The lowest BCUT2D eigenvalue weighted by Gasteiger charge is -2.15. The number of aliphatic hydroxyl groups is 2. The maximum absolute atomic E-state index is 12.6. The van der Waals surface area contributed by atoms with E-state index in [4.69, 9.17) is 9.72 Å². The van der Waals surface area contributed by atoms with Gasteiger partial charge in [-0.25, -0.2) is 9.78 Å². The van der Waals surface area contributed by atoms with Gasteiger partial charge in [0.1, 0.15) is 12.3 Å². The van der Waals surface area contributed by atoms with Crippen LogP contribution < -0.4 is 21.9 Å². The number of aromatic amines is 1. The van der Waals surface area contributed by atoms with Crippen molar-refractivity contribution in [3.05, 3.63) is 81.1 Å². The Morgan fingerprint density at radius 2 is 1.76 bits per heavy atom. The molecule has 0 aliphatic carbocycles. The Bertz CT molecular complexity index is 1510. The van der Waals surface area contributed by atoms with Gasteiger partial charge >= 0.3 is 5.69 Å². The van der Waals surface area contributed by atoms with E-state index in [1.54, 1.807) is 0 Å². The first-order valence-electron chi connectivity index (χ1n) is 12.0. The molecule has 1 aliphatic rings. The van der Waals surface area contributed by atoms with Crippen molar-refractivity contribution in [3.8, 4) is 0 Å². The van der Waals surface area contributed by atoms with E-state index in [1.807, 2.05) is 48.5 Å². The molecular weight excluding hydrogens is 478 g/mol. The molecule has 1 saturated heterocycles. The van der Waals surface area contributed by atoms with Crippen molar-refractivity contribution in [3.63, 3.8) is 0 Å². The average Bonchev–Trinajstić information content (AvgIpc) is 3.27. The highest BCUT2D eigenvalue weighted by atomic mass is 16.5. The number of carbonyl (C=O) groups is 1. The van der Waals surface area contributed by atoms with Gasteiger partial charge in [-0.3, -0.25) is 19.1 Å². The van der Waals surface area contributed by atoms with Crippen LogP contribution >= 0.6 is 0 Å². The molecule has 1 amide bonds. The van der Waals surface area contributed by atoms with Crippen molar-refractivity contribution in [2.24, 2.45) is 0 Å². The van der Waals surface area contributed by atoms with E-state index < -0.39 is 36.3 Å². The number of nitrogens with zero attached hydrogens (tertiary/aromatic N) is 2. The molecule has 2 aromatic heterocycles. The first kappa shape index (κ1) is 24.6. The van der Waals surface area contributed by atoms with Crippen LogP contribution in [-0.2, 0) is 16.0 Å². The molecule has 0 bridgehead atoms. The number of aliphatic hydroxyl groups excluding tert-OH is 2. The van der Waals surface area contributed by atoms with Crippen LogP contribution in [0.4, 0.5) is 5.69 Å². The third-order valence-electron chi connectivity index (χ3n) is 6.42. The van der Waals surface area contributed by atoms with Gasteiger partial charge in [0.05, 0.1) is 35.9 Å². The fourth-order valence-electron chi connectivity index (χ4n) is 4.57. The summed E-state index contributed by atoms with van der Waals surface area (Å²) in [7, 11) is 0. The van der Waals surface area contributed by atoms with Gasteiger partial charge in [0.2, 0.25) is 5.91 Å². The van der Waals surface area contributed by atoms with Crippen molar-refractivity contribution in [1.29, 1.82) is 0 Å². The molecule has 0 saturated carbocycles. The van der Waals surface area contributed by atoms with Crippen LogP contribution in [0.15, 0.2) is 64.3 Å². The van der Waals surface area contributed by atoms with Gasteiger partial charge in [-0.1, -0.05) is 36.4 Å². The second-order valence-corrected chi connectivity index (χ2v) is 8.91. The summed E-state index contributed by atoms with van der Waals surface area (Å²) in [5.41, 5.74) is 1.37. The van der Waals surface area contributed by atoms with E-state index in [-0.39, 0.29) is 24.3 Å². The van der Waals surface area contributed by atoms with Crippen LogP contribution in [0.2, 0.25) is 0 Å². The molecule has 1 fully saturated rings. The summed E-state index contributed by atoms with van der Waals surface area (Å²) in [4.78, 5) is 44.0. The van der Waals surface area contributed by atoms with Gasteiger partial charge in [-0.15, -0.1) is 0 Å². The number of para-hydroxylation sites is 2. The topological polar surface area (TPSA) is 159 Å². The number of rotatable bonds is 8. The third kappa shape index (κ3) is 5.10. The van der Waals surface area contributed by atoms with Gasteiger partial charge in [0.15, 0.2) is 0 Å². The molecular formula is C26H27N5O6. The first-order chi connectivity index (χ1) is 17.9. The average molecular weight is 506 g/mol. The molecule has 11 heteroatoms. The van der Waals surface area contributed by atoms with Crippen molar-refractivity contribution in [1.82, 2.24) is 19.9 Å². The lowest BCUT2D eigenvalue weighted by Crippen LogP contribution is -2.37. The monoisotopic (exact) mass is 505 g/mol. The maximum Gasteiger partial charge on any atom is 0.330 e. The Kier molecular flexibility index (Phi) is 6.99. The summed E-state index contributed by atoms with van der Waals surface area (Å²) < 4.78 is 6.63. The smallest absolute Gasteiger partial charge is 0.330 e. The molecule has 0 unspecified atom stereocenters. The van der Waals surface area contributed by atoms with Crippen LogP contribution in [-0.4, -0.2) is 62.6 Å². The zero-order chi connectivity index (χ0) is 25.9. The number of carbonyl (C=O) groups excluding carboxylic acids is 1. The lowest BCUT2D eigenvalue weighted by atomic mass is 10.1. The Labute approximate surface area is 210 Å². The summed E-state index contributed by atoms with van der Waals surface area (Å²) in [6, 6.07) is 15.7. The number of amides is 1. The number of pyridine rings is 1.